The Morgan fingerprint density at radius 3 is 2.29 bits per heavy atom. The first-order valence-electron chi connectivity index (χ1n) is 7.03. The van der Waals surface area contributed by atoms with Crippen LogP contribution in [0.5, 0.6) is 0 Å². The molecule has 1 amide bonds. The van der Waals surface area contributed by atoms with Crippen molar-refractivity contribution in [2.75, 3.05) is 14.1 Å². The van der Waals surface area contributed by atoms with Crippen molar-refractivity contribution in [3.63, 3.8) is 0 Å². The Hall–Kier alpha value is -2.07. The van der Waals surface area contributed by atoms with E-state index in [0.717, 1.165) is 17.9 Å². The average molecular weight is 286 g/mol. The Morgan fingerprint density at radius 2 is 1.76 bits per heavy atom. The van der Waals surface area contributed by atoms with Gasteiger partial charge >= 0.3 is 0 Å². The number of aryl methyl sites for hydroxylation is 2. The number of hydrogen-bond donors (Lipinski definition) is 1. The Morgan fingerprint density at radius 1 is 1.14 bits per heavy atom. The van der Waals surface area contributed by atoms with Crippen LogP contribution in [0.2, 0.25) is 0 Å². The van der Waals surface area contributed by atoms with Gasteiger partial charge in [-0.1, -0.05) is 24.3 Å². The number of rotatable bonds is 5. The van der Waals surface area contributed by atoms with Gasteiger partial charge in [0.15, 0.2) is 0 Å². The van der Waals surface area contributed by atoms with Crippen molar-refractivity contribution in [1.82, 2.24) is 10.2 Å². The first-order chi connectivity index (χ1) is 9.95. The predicted octanol–water partition coefficient (Wildman–Crippen LogP) is 2.89. The molecule has 0 aliphatic rings. The van der Waals surface area contributed by atoms with Crippen LogP contribution < -0.4 is 5.32 Å². The predicted molar refractivity (Wildman–Crippen MR) is 83.2 cm³/mol. The molecule has 21 heavy (non-hydrogen) atoms. The van der Waals surface area contributed by atoms with Crippen molar-refractivity contribution in [2.45, 2.75) is 26.9 Å². The SMILES string of the molecule is Cc1cc(C(=O)NCc2ccc(CN(C)C)cc2)c(C)o1. The molecule has 0 spiro atoms. The summed E-state index contributed by atoms with van der Waals surface area (Å²) in [6, 6.07) is 10.0. The lowest BCUT2D eigenvalue weighted by molar-refractivity contribution is 0.0949. The molecular formula is C17H22N2O2. The van der Waals surface area contributed by atoms with E-state index >= 15 is 0 Å². The largest absolute Gasteiger partial charge is 0.466 e. The second kappa shape index (κ2) is 6.59. The lowest BCUT2D eigenvalue weighted by Gasteiger charge is -2.10. The van der Waals surface area contributed by atoms with Gasteiger partial charge in [0.05, 0.1) is 5.56 Å². The van der Waals surface area contributed by atoms with E-state index in [1.807, 2.05) is 33.2 Å². The summed E-state index contributed by atoms with van der Waals surface area (Å²) in [5.41, 5.74) is 2.96. The number of nitrogens with zero attached hydrogens (tertiary/aromatic N) is 1. The highest BCUT2D eigenvalue weighted by molar-refractivity contribution is 5.95. The highest BCUT2D eigenvalue weighted by Gasteiger charge is 2.12. The Bertz CT molecular complexity index is 612. The van der Waals surface area contributed by atoms with Gasteiger partial charge in [-0.25, -0.2) is 0 Å². The van der Waals surface area contributed by atoms with Crippen LogP contribution in [0, 0.1) is 13.8 Å². The highest BCUT2D eigenvalue weighted by Crippen LogP contribution is 2.13. The summed E-state index contributed by atoms with van der Waals surface area (Å²) in [6.45, 7) is 5.08. The first kappa shape index (κ1) is 15.3. The normalized spacial score (nSPS) is 10.9. The van der Waals surface area contributed by atoms with Crippen LogP contribution in [0.3, 0.4) is 0 Å². The monoisotopic (exact) mass is 286 g/mol. The van der Waals surface area contributed by atoms with Crippen molar-refractivity contribution < 1.29 is 9.21 Å². The summed E-state index contributed by atoms with van der Waals surface area (Å²) >= 11 is 0. The van der Waals surface area contributed by atoms with E-state index in [0.29, 0.717) is 17.9 Å². The maximum absolute atomic E-state index is 12.1. The minimum absolute atomic E-state index is 0.0956. The van der Waals surface area contributed by atoms with Crippen LogP contribution in [-0.4, -0.2) is 24.9 Å². The number of furan rings is 1. The van der Waals surface area contributed by atoms with Crippen LogP contribution in [0.25, 0.3) is 0 Å². The number of benzene rings is 1. The molecule has 4 heteroatoms. The number of hydrogen-bond acceptors (Lipinski definition) is 3. The molecular weight excluding hydrogens is 264 g/mol. The topological polar surface area (TPSA) is 45.5 Å². The van der Waals surface area contributed by atoms with Gasteiger partial charge in [0.25, 0.3) is 5.91 Å². The van der Waals surface area contributed by atoms with Gasteiger partial charge < -0.3 is 14.6 Å². The molecule has 112 valence electrons. The highest BCUT2D eigenvalue weighted by atomic mass is 16.3. The van der Waals surface area contributed by atoms with Gasteiger partial charge in [0, 0.05) is 13.1 Å². The van der Waals surface area contributed by atoms with Crippen LogP contribution in [0.4, 0.5) is 0 Å². The third-order valence-electron chi connectivity index (χ3n) is 3.26. The van der Waals surface area contributed by atoms with Crippen LogP contribution in [0.15, 0.2) is 34.7 Å². The maximum atomic E-state index is 12.1. The zero-order valence-electron chi connectivity index (χ0n) is 13.1. The first-order valence-corrected chi connectivity index (χ1v) is 7.03. The minimum Gasteiger partial charge on any atom is -0.466 e. The lowest BCUT2D eigenvalue weighted by atomic mass is 10.1. The maximum Gasteiger partial charge on any atom is 0.255 e. The number of carbonyl (C=O) groups excluding carboxylic acids is 1. The molecule has 0 saturated carbocycles. The Labute approximate surface area is 125 Å². The fourth-order valence-corrected chi connectivity index (χ4v) is 2.26. The fraction of sp³-hybridized carbons (Fsp3) is 0.353. The second-order valence-corrected chi connectivity index (χ2v) is 5.56. The van der Waals surface area contributed by atoms with Crippen molar-refractivity contribution in [3.05, 3.63) is 58.5 Å². The molecule has 0 fully saturated rings. The molecule has 0 saturated heterocycles. The van der Waals surface area contributed by atoms with Gasteiger partial charge in [-0.3, -0.25) is 4.79 Å². The van der Waals surface area contributed by atoms with Gasteiger partial charge in [0.2, 0.25) is 0 Å². The summed E-state index contributed by atoms with van der Waals surface area (Å²) in [5.74, 6) is 1.32. The molecule has 0 bridgehead atoms. The average Bonchev–Trinajstić information content (AvgIpc) is 2.76. The van der Waals surface area contributed by atoms with Crippen molar-refractivity contribution in [3.8, 4) is 0 Å². The van der Waals surface area contributed by atoms with E-state index in [2.05, 4.69) is 22.3 Å². The summed E-state index contributed by atoms with van der Waals surface area (Å²) in [7, 11) is 4.09. The molecule has 1 heterocycles. The standard InChI is InChI=1S/C17H22N2O2/c1-12-9-16(13(2)21-12)17(20)18-10-14-5-7-15(8-6-14)11-19(3)4/h5-9H,10-11H2,1-4H3,(H,18,20). The van der Waals surface area contributed by atoms with Crippen molar-refractivity contribution >= 4 is 5.91 Å². The minimum atomic E-state index is -0.0956. The van der Waals surface area contributed by atoms with Crippen molar-refractivity contribution in [2.24, 2.45) is 0 Å². The van der Waals surface area contributed by atoms with E-state index < -0.39 is 0 Å². The van der Waals surface area contributed by atoms with Crippen LogP contribution >= 0.6 is 0 Å². The third-order valence-corrected chi connectivity index (χ3v) is 3.26. The molecule has 4 nitrogen and oxygen atoms in total. The third kappa shape index (κ3) is 4.20. The van der Waals surface area contributed by atoms with E-state index in [1.54, 1.807) is 13.0 Å². The molecule has 2 aromatic rings. The number of amides is 1. The van der Waals surface area contributed by atoms with Crippen LogP contribution in [-0.2, 0) is 13.1 Å². The molecule has 2 rings (SSSR count). The van der Waals surface area contributed by atoms with E-state index in [4.69, 9.17) is 4.42 Å². The smallest absolute Gasteiger partial charge is 0.255 e. The Kier molecular flexibility index (Phi) is 4.81. The number of nitrogens with one attached hydrogen (secondary N) is 1. The van der Waals surface area contributed by atoms with E-state index in [-0.39, 0.29) is 5.91 Å². The molecule has 1 N–H and O–H groups in total. The second-order valence-electron chi connectivity index (χ2n) is 5.56. The van der Waals surface area contributed by atoms with Gasteiger partial charge in [-0.2, -0.15) is 0 Å². The molecule has 0 atom stereocenters. The van der Waals surface area contributed by atoms with Crippen LogP contribution in [0.1, 0.15) is 33.0 Å². The summed E-state index contributed by atoms with van der Waals surface area (Å²) < 4.78 is 5.37. The summed E-state index contributed by atoms with van der Waals surface area (Å²) in [5, 5.41) is 2.92. The van der Waals surface area contributed by atoms with Gasteiger partial charge in [-0.15, -0.1) is 0 Å². The zero-order chi connectivity index (χ0) is 15.4. The van der Waals surface area contributed by atoms with E-state index in [9.17, 15) is 4.79 Å². The van der Waals surface area contributed by atoms with Gasteiger partial charge in [0.1, 0.15) is 11.5 Å². The Balaban J connectivity index is 1.93. The summed E-state index contributed by atoms with van der Waals surface area (Å²) in [4.78, 5) is 14.2. The molecule has 1 aromatic heterocycles. The molecule has 1 aromatic carbocycles. The molecule has 0 radical (unpaired) electrons. The molecule has 0 unspecified atom stereocenters. The molecule has 0 aliphatic carbocycles. The van der Waals surface area contributed by atoms with E-state index in [1.165, 1.54) is 5.56 Å². The quantitative estimate of drug-likeness (QED) is 0.919. The lowest BCUT2D eigenvalue weighted by Crippen LogP contribution is -2.23. The van der Waals surface area contributed by atoms with Crippen molar-refractivity contribution in [1.29, 1.82) is 0 Å². The van der Waals surface area contributed by atoms with Gasteiger partial charge in [-0.05, 0) is 45.1 Å². The molecule has 0 aliphatic heterocycles. The summed E-state index contributed by atoms with van der Waals surface area (Å²) in [6.07, 6.45) is 0. The zero-order valence-corrected chi connectivity index (χ0v) is 13.1. The number of carbonyl (C=O) groups is 1. The fourth-order valence-electron chi connectivity index (χ4n) is 2.26.